The number of hydrogen-bond acceptors (Lipinski definition) is 2. The highest BCUT2D eigenvalue weighted by molar-refractivity contribution is 6.21. The number of rotatable bonds is 3. The number of imidazole rings is 1. The number of hydrogen-bond donors (Lipinski definition) is 0. The van der Waals surface area contributed by atoms with Gasteiger partial charge in [0.15, 0.2) is 11.5 Å². The quantitative estimate of drug-likeness (QED) is 0.232. The fourth-order valence-corrected chi connectivity index (χ4v) is 6.13. The predicted molar refractivity (Wildman–Crippen MR) is 156 cm³/mol. The van der Waals surface area contributed by atoms with Crippen LogP contribution < -0.4 is 4.74 Å². The first kappa shape index (κ1) is 21.2. The Bertz CT molecular complexity index is 1980. The molecule has 38 heavy (non-hydrogen) atoms. The molecular weight excluding hydrogens is 464 g/mol. The molecule has 180 valence electrons. The molecule has 0 saturated heterocycles. The van der Waals surface area contributed by atoms with Crippen LogP contribution in [-0.4, -0.2) is 9.55 Å². The molecule has 0 aliphatic carbocycles. The van der Waals surface area contributed by atoms with Gasteiger partial charge < -0.3 is 4.74 Å². The maximum absolute atomic E-state index is 6.53. The van der Waals surface area contributed by atoms with Crippen molar-refractivity contribution in [2.45, 2.75) is 13.3 Å². The highest BCUT2D eigenvalue weighted by atomic mass is 16.5. The molecule has 0 fully saturated rings. The molecule has 3 nitrogen and oxygen atoms in total. The van der Waals surface area contributed by atoms with E-state index in [0.29, 0.717) is 0 Å². The molecule has 7 aromatic rings. The molecule has 0 saturated carbocycles. The van der Waals surface area contributed by atoms with Crippen molar-refractivity contribution in [2.24, 2.45) is 0 Å². The number of aromatic nitrogens is 2. The molecule has 1 aliphatic rings. The number of benzene rings is 6. The van der Waals surface area contributed by atoms with Crippen LogP contribution in [0.3, 0.4) is 0 Å². The summed E-state index contributed by atoms with van der Waals surface area (Å²) in [6, 6.07) is 41.0. The first-order valence-electron chi connectivity index (χ1n) is 13.1. The van der Waals surface area contributed by atoms with Crippen molar-refractivity contribution in [2.75, 3.05) is 0 Å². The van der Waals surface area contributed by atoms with Crippen LogP contribution in [0.4, 0.5) is 0 Å². The van der Waals surface area contributed by atoms with E-state index in [1.165, 1.54) is 38.2 Å². The number of ether oxygens (including phenoxy) is 1. The summed E-state index contributed by atoms with van der Waals surface area (Å²) >= 11 is 0. The van der Waals surface area contributed by atoms with Gasteiger partial charge in [0.05, 0.1) is 11.2 Å². The van der Waals surface area contributed by atoms with E-state index in [1.54, 1.807) is 0 Å². The second-order valence-electron chi connectivity index (χ2n) is 9.83. The summed E-state index contributed by atoms with van der Waals surface area (Å²) in [6.45, 7) is 2.15. The van der Waals surface area contributed by atoms with Gasteiger partial charge in [-0.3, -0.25) is 4.57 Å². The van der Waals surface area contributed by atoms with E-state index in [9.17, 15) is 0 Å². The molecule has 1 aliphatic heterocycles. The van der Waals surface area contributed by atoms with Crippen molar-refractivity contribution in [3.05, 3.63) is 121 Å². The Morgan fingerprint density at radius 1 is 0.605 bits per heavy atom. The Morgan fingerprint density at radius 3 is 1.89 bits per heavy atom. The van der Waals surface area contributed by atoms with E-state index in [2.05, 4.69) is 115 Å². The van der Waals surface area contributed by atoms with E-state index in [1.807, 2.05) is 12.1 Å². The minimum atomic E-state index is 0.853. The highest BCUT2D eigenvalue weighted by Crippen LogP contribution is 2.47. The summed E-state index contributed by atoms with van der Waals surface area (Å²) in [4.78, 5) is 4.89. The Labute approximate surface area is 220 Å². The molecule has 0 amide bonds. The van der Waals surface area contributed by atoms with Crippen LogP contribution >= 0.6 is 0 Å². The van der Waals surface area contributed by atoms with Gasteiger partial charge in [0.2, 0.25) is 0 Å². The minimum Gasteiger partial charge on any atom is -0.453 e. The number of nitrogens with zero attached hydrogens (tertiary/aromatic N) is 2. The molecule has 6 aromatic carbocycles. The van der Waals surface area contributed by atoms with Crippen molar-refractivity contribution in [3.8, 4) is 39.4 Å². The van der Waals surface area contributed by atoms with E-state index in [4.69, 9.17) is 9.72 Å². The molecule has 0 atom stereocenters. The SMILES string of the molecule is CCc1nc2cccc3c2n1-c1ccc(-c2c4ccccc4c(-c4ccccc4)c4ccccc24)cc1O3. The van der Waals surface area contributed by atoms with Gasteiger partial charge in [-0.1, -0.05) is 97.9 Å². The molecule has 3 heteroatoms. The molecule has 0 radical (unpaired) electrons. The average molecular weight is 489 g/mol. The van der Waals surface area contributed by atoms with Crippen LogP contribution in [-0.2, 0) is 6.42 Å². The number of para-hydroxylation sites is 1. The van der Waals surface area contributed by atoms with Crippen LogP contribution in [0.25, 0.3) is 60.5 Å². The van der Waals surface area contributed by atoms with E-state index < -0.39 is 0 Å². The average Bonchev–Trinajstić information content (AvgIpc) is 3.36. The van der Waals surface area contributed by atoms with Crippen molar-refractivity contribution in [1.29, 1.82) is 0 Å². The van der Waals surface area contributed by atoms with E-state index >= 15 is 0 Å². The lowest BCUT2D eigenvalue weighted by Gasteiger charge is -2.23. The second kappa shape index (κ2) is 8.06. The lowest BCUT2D eigenvalue weighted by atomic mass is 9.86. The summed E-state index contributed by atoms with van der Waals surface area (Å²) in [5.74, 6) is 2.76. The third kappa shape index (κ3) is 2.93. The molecule has 0 unspecified atom stereocenters. The first-order chi connectivity index (χ1) is 18.8. The standard InChI is InChI=1S/C35H24N2O/c1-2-32-36-28-17-10-18-30-35(28)37(32)29-20-19-23(21-31(29)38-30)34-26-15-8-6-13-24(26)33(22-11-4-3-5-12-22)25-14-7-9-16-27(25)34/h3-21H,2H2,1H3. The van der Waals surface area contributed by atoms with Gasteiger partial charge in [-0.15, -0.1) is 0 Å². The highest BCUT2D eigenvalue weighted by Gasteiger charge is 2.25. The Morgan fingerprint density at radius 2 is 1.24 bits per heavy atom. The molecule has 0 bridgehead atoms. The fraction of sp³-hybridized carbons (Fsp3) is 0.0571. The minimum absolute atomic E-state index is 0.853. The zero-order chi connectivity index (χ0) is 25.2. The van der Waals surface area contributed by atoms with Crippen molar-refractivity contribution < 1.29 is 4.74 Å². The third-order valence-electron chi connectivity index (χ3n) is 7.73. The zero-order valence-corrected chi connectivity index (χ0v) is 21.0. The van der Waals surface area contributed by atoms with Crippen LogP contribution in [0.2, 0.25) is 0 Å². The summed E-state index contributed by atoms with van der Waals surface area (Å²) in [5, 5.41) is 4.97. The number of aryl methyl sites for hydroxylation is 1. The van der Waals surface area contributed by atoms with Gasteiger partial charge >= 0.3 is 0 Å². The monoisotopic (exact) mass is 488 g/mol. The predicted octanol–water partition coefficient (Wildman–Crippen LogP) is 9.33. The van der Waals surface area contributed by atoms with E-state index in [0.717, 1.165) is 46.0 Å². The number of fused-ring (bicyclic) bond motifs is 4. The normalized spacial score (nSPS) is 12.1. The maximum atomic E-state index is 6.53. The largest absolute Gasteiger partial charge is 0.453 e. The van der Waals surface area contributed by atoms with Gasteiger partial charge in [-0.05, 0) is 68.1 Å². The first-order valence-corrected chi connectivity index (χ1v) is 13.1. The van der Waals surface area contributed by atoms with Gasteiger partial charge in [-0.2, -0.15) is 0 Å². The summed E-state index contributed by atoms with van der Waals surface area (Å²) in [6.07, 6.45) is 0.853. The van der Waals surface area contributed by atoms with Gasteiger partial charge in [-0.25, -0.2) is 4.98 Å². The lowest BCUT2D eigenvalue weighted by Crippen LogP contribution is -2.07. The fourth-order valence-electron chi connectivity index (χ4n) is 6.13. The smallest absolute Gasteiger partial charge is 0.153 e. The Balaban J connectivity index is 1.43. The van der Waals surface area contributed by atoms with Crippen molar-refractivity contribution >= 4 is 32.6 Å². The second-order valence-corrected chi connectivity index (χ2v) is 9.83. The molecule has 0 N–H and O–H groups in total. The summed E-state index contributed by atoms with van der Waals surface area (Å²) < 4.78 is 8.79. The van der Waals surface area contributed by atoms with Crippen LogP contribution in [0.15, 0.2) is 115 Å². The van der Waals surface area contributed by atoms with Crippen LogP contribution in [0.5, 0.6) is 11.5 Å². The van der Waals surface area contributed by atoms with Gasteiger partial charge in [0.1, 0.15) is 11.3 Å². The van der Waals surface area contributed by atoms with Gasteiger partial charge in [0.25, 0.3) is 0 Å². The third-order valence-corrected chi connectivity index (χ3v) is 7.73. The zero-order valence-electron chi connectivity index (χ0n) is 21.0. The molecule has 1 aromatic heterocycles. The molecule has 0 spiro atoms. The van der Waals surface area contributed by atoms with E-state index in [-0.39, 0.29) is 0 Å². The van der Waals surface area contributed by atoms with Gasteiger partial charge in [0, 0.05) is 6.42 Å². The van der Waals surface area contributed by atoms with Crippen molar-refractivity contribution in [1.82, 2.24) is 9.55 Å². The van der Waals surface area contributed by atoms with Crippen molar-refractivity contribution in [3.63, 3.8) is 0 Å². The maximum Gasteiger partial charge on any atom is 0.153 e. The van der Waals surface area contributed by atoms with Crippen LogP contribution in [0, 0.1) is 0 Å². The molecule has 8 rings (SSSR count). The summed E-state index contributed by atoms with van der Waals surface area (Å²) in [5.41, 5.74) is 7.94. The Hall–Kier alpha value is -4.89. The Kier molecular flexibility index (Phi) is 4.50. The molecular formula is C35H24N2O. The molecule has 2 heterocycles. The summed E-state index contributed by atoms with van der Waals surface area (Å²) in [7, 11) is 0. The van der Waals surface area contributed by atoms with Crippen LogP contribution in [0.1, 0.15) is 12.7 Å². The topological polar surface area (TPSA) is 27.1 Å². The lowest BCUT2D eigenvalue weighted by molar-refractivity contribution is 0.474.